The summed E-state index contributed by atoms with van der Waals surface area (Å²) in [6.45, 7) is 7.87. The van der Waals surface area contributed by atoms with Crippen molar-refractivity contribution in [2.24, 2.45) is 0 Å². The van der Waals surface area contributed by atoms with Crippen molar-refractivity contribution in [3.8, 4) is 0 Å². The topological polar surface area (TPSA) is 80.5 Å². The van der Waals surface area contributed by atoms with E-state index in [1.807, 2.05) is 6.92 Å². The van der Waals surface area contributed by atoms with Gasteiger partial charge in [0.15, 0.2) is 0 Å². The van der Waals surface area contributed by atoms with Crippen LogP contribution in [0.3, 0.4) is 0 Å². The Kier molecular flexibility index (Phi) is 5.90. The summed E-state index contributed by atoms with van der Waals surface area (Å²) in [5, 5.41) is 4.90. The molecule has 0 saturated heterocycles. The van der Waals surface area contributed by atoms with Crippen molar-refractivity contribution in [2.75, 3.05) is 10.8 Å². The smallest absolute Gasteiger partial charge is 0.232 e. The fraction of sp³-hybridized carbons (Fsp3) is 0.421. The van der Waals surface area contributed by atoms with Crippen molar-refractivity contribution in [1.82, 2.24) is 19.6 Å². The van der Waals surface area contributed by atoms with Crippen LogP contribution in [0.2, 0.25) is 5.02 Å². The Bertz CT molecular complexity index is 1090. The predicted molar refractivity (Wildman–Crippen MR) is 111 cm³/mol. The number of anilines is 1. The lowest BCUT2D eigenvalue weighted by atomic mass is 10.2. The van der Waals surface area contributed by atoms with Crippen molar-refractivity contribution in [3.05, 3.63) is 46.2 Å². The Hall–Kier alpha value is -2.19. The van der Waals surface area contributed by atoms with Gasteiger partial charge in [0.2, 0.25) is 0 Å². The number of rotatable bonds is 7. The number of hydrogen-bond donors (Lipinski definition) is 0. The Morgan fingerprint density at radius 2 is 1.75 bits per heavy atom. The Morgan fingerprint density at radius 1 is 1.07 bits per heavy atom. The first-order chi connectivity index (χ1) is 13.3. The summed E-state index contributed by atoms with van der Waals surface area (Å²) in [5.74, 6) is 0.433. The summed E-state index contributed by atoms with van der Waals surface area (Å²) in [4.78, 5) is 8.95. The van der Waals surface area contributed by atoms with Gasteiger partial charge in [-0.2, -0.15) is 9.50 Å². The minimum atomic E-state index is -3.80. The quantitative estimate of drug-likeness (QED) is 0.537. The largest absolute Gasteiger partial charge is 0.266 e. The van der Waals surface area contributed by atoms with E-state index in [-0.39, 0.29) is 10.8 Å². The van der Waals surface area contributed by atoms with Crippen LogP contribution in [-0.4, -0.2) is 34.5 Å². The van der Waals surface area contributed by atoms with Gasteiger partial charge in [0, 0.05) is 6.54 Å². The molecule has 150 valence electrons. The molecule has 0 spiro atoms. The molecule has 0 fully saturated rings. The minimum Gasteiger partial charge on any atom is -0.232 e. The molecule has 3 rings (SSSR count). The summed E-state index contributed by atoms with van der Waals surface area (Å²) in [6, 6.07) is 6.78. The monoisotopic (exact) mass is 421 g/mol. The van der Waals surface area contributed by atoms with Crippen LogP contribution < -0.4 is 4.31 Å². The highest BCUT2D eigenvalue weighted by Crippen LogP contribution is 2.25. The van der Waals surface area contributed by atoms with E-state index in [1.54, 1.807) is 38.1 Å². The molecule has 28 heavy (non-hydrogen) atoms. The molecule has 7 nitrogen and oxygen atoms in total. The molecule has 0 aliphatic carbocycles. The third-order valence-electron chi connectivity index (χ3n) is 4.60. The van der Waals surface area contributed by atoms with Gasteiger partial charge >= 0.3 is 0 Å². The highest BCUT2D eigenvalue weighted by molar-refractivity contribution is 7.92. The van der Waals surface area contributed by atoms with Crippen LogP contribution in [-0.2, 0) is 10.0 Å². The van der Waals surface area contributed by atoms with Crippen molar-refractivity contribution < 1.29 is 8.42 Å². The zero-order valence-electron chi connectivity index (χ0n) is 16.5. The number of hydrogen-bond acceptors (Lipinski definition) is 5. The third-order valence-corrected chi connectivity index (χ3v) is 6.94. The lowest BCUT2D eigenvalue weighted by molar-refractivity contribution is 0.585. The van der Waals surface area contributed by atoms with Gasteiger partial charge in [-0.3, -0.25) is 0 Å². The summed E-state index contributed by atoms with van der Waals surface area (Å²) >= 11 is 6.27. The van der Waals surface area contributed by atoms with Gasteiger partial charge in [-0.25, -0.2) is 17.7 Å². The molecule has 0 saturated carbocycles. The molecule has 0 unspecified atom stereocenters. The van der Waals surface area contributed by atoms with E-state index in [4.69, 9.17) is 11.6 Å². The van der Waals surface area contributed by atoms with Crippen LogP contribution in [0.5, 0.6) is 0 Å². The molecule has 0 radical (unpaired) electrons. The standard InChI is InChI=1S/C19H24ClN5O2S/c1-5-6-7-12-24(28(26,27)16-10-8-13(2)9-11-16)19-22-18-21-14(3)17(20)15(4)25(18)23-19/h8-11H,5-7,12H2,1-4H3. The molecule has 3 aromatic rings. The van der Waals surface area contributed by atoms with Crippen LogP contribution >= 0.6 is 11.6 Å². The third kappa shape index (κ3) is 3.84. The summed E-state index contributed by atoms with van der Waals surface area (Å²) in [5.41, 5.74) is 2.29. The van der Waals surface area contributed by atoms with E-state index in [9.17, 15) is 8.42 Å². The highest BCUT2D eigenvalue weighted by atomic mass is 35.5. The maximum absolute atomic E-state index is 13.3. The Balaban J connectivity index is 2.11. The second kappa shape index (κ2) is 8.05. The molecule has 2 aromatic heterocycles. The van der Waals surface area contributed by atoms with Crippen molar-refractivity contribution in [1.29, 1.82) is 0 Å². The van der Waals surface area contributed by atoms with Crippen molar-refractivity contribution >= 4 is 33.4 Å². The summed E-state index contributed by atoms with van der Waals surface area (Å²) in [7, 11) is -3.80. The maximum atomic E-state index is 13.3. The predicted octanol–water partition coefficient (Wildman–Crippen LogP) is 4.09. The SMILES string of the molecule is CCCCCN(c1nc2nc(C)c(Cl)c(C)n2n1)S(=O)(=O)c1ccc(C)cc1. The fourth-order valence-electron chi connectivity index (χ4n) is 2.92. The number of aromatic nitrogens is 4. The van der Waals surface area contributed by atoms with Crippen molar-refractivity contribution in [3.63, 3.8) is 0 Å². The molecule has 0 atom stereocenters. The molecule has 0 aliphatic rings. The molecule has 0 amide bonds. The first-order valence-electron chi connectivity index (χ1n) is 9.24. The van der Waals surface area contributed by atoms with Gasteiger partial charge in [-0.1, -0.05) is 49.1 Å². The zero-order valence-corrected chi connectivity index (χ0v) is 18.0. The minimum absolute atomic E-state index is 0.106. The van der Waals surface area contributed by atoms with E-state index >= 15 is 0 Å². The van der Waals surface area contributed by atoms with E-state index in [0.29, 0.717) is 35.2 Å². The molecule has 0 bridgehead atoms. The number of nitrogens with zero attached hydrogens (tertiary/aromatic N) is 5. The molecular weight excluding hydrogens is 398 g/mol. The van der Waals surface area contributed by atoms with Crippen LogP contribution in [0.4, 0.5) is 5.95 Å². The number of unbranched alkanes of at least 4 members (excludes halogenated alkanes) is 2. The molecule has 1 aromatic carbocycles. The lowest BCUT2D eigenvalue weighted by Gasteiger charge is -2.20. The number of fused-ring (bicyclic) bond motifs is 1. The van der Waals surface area contributed by atoms with Crippen LogP contribution in [0.1, 0.15) is 43.1 Å². The van der Waals surface area contributed by atoms with E-state index < -0.39 is 10.0 Å². The number of sulfonamides is 1. The zero-order chi connectivity index (χ0) is 20.5. The number of aryl methyl sites for hydroxylation is 3. The van der Waals surface area contributed by atoms with Gasteiger partial charge in [0.1, 0.15) is 0 Å². The Morgan fingerprint density at radius 3 is 2.39 bits per heavy atom. The molecule has 9 heteroatoms. The fourth-order valence-corrected chi connectivity index (χ4v) is 4.44. The first kappa shape index (κ1) is 20.5. The van der Waals surface area contributed by atoms with Crippen LogP contribution in [0.15, 0.2) is 29.2 Å². The number of halogens is 1. The van der Waals surface area contributed by atoms with E-state index in [1.165, 1.54) is 8.82 Å². The summed E-state index contributed by atoms with van der Waals surface area (Å²) < 4.78 is 29.4. The highest BCUT2D eigenvalue weighted by Gasteiger charge is 2.28. The second-order valence-corrected chi connectivity index (χ2v) is 9.06. The van der Waals surface area contributed by atoms with E-state index in [0.717, 1.165) is 18.4 Å². The van der Waals surface area contributed by atoms with Crippen LogP contribution in [0, 0.1) is 20.8 Å². The number of benzene rings is 1. The normalized spacial score (nSPS) is 11.9. The van der Waals surface area contributed by atoms with Gasteiger partial charge in [0.25, 0.3) is 21.7 Å². The van der Waals surface area contributed by atoms with Gasteiger partial charge < -0.3 is 0 Å². The van der Waals surface area contributed by atoms with Gasteiger partial charge in [0.05, 0.1) is 21.3 Å². The van der Waals surface area contributed by atoms with Crippen molar-refractivity contribution in [2.45, 2.75) is 51.9 Å². The molecular formula is C19H24ClN5O2S. The summed E-state index contributed by atoms with van der Waals surface area (Å²) in [6.07, 6.45) is 2.60. The second-order valence-electron chi connectivity index (χ2n) is 6.82. The average Bonchev–Trinajstić information content (AvgIpc) is 3.07. The van der Waals surface area contributed by atoms with Gasteiger partial charge in [-0.15, -0.1) is 5.10 Å². The molecule has 0 N–H and O–H groups in total. The molecule has 0 aliphatic heterocycles. The van der Waals surface area contributed by atoms with Gasteiger partial charge in [-0.05, 0) is 39.3 Å². The average molecular weight is 422 g/mol. The van der Waals surface area contributed by atoms with Crippen LogP contribution in [0.25, 0.3) is 5.78 Å². The first-order valence-corrected chi connectivity index (χ1v) is 11.1. The lowest BCUT2D eigenvalue weighted by Crippen LogP contribution is -2.33. The Labute approximate surface area is 170 Å². The molecule has 2 heterocycles. The van der Waals surface area contributed by atoms with E-state index in [2.05, 4.69) is 22.0 Å². The maximum Gasteiger partial charge on any atom is 0.266 e.